The molecule has 0 aromatic heterocycles. The van der Waals surface area contributed by atoms with E-state index in [4.69, 9.17) is 16.2 Å². The van der Waals surface area contributed by atoms with Crippen LogP contribution in [0, 0.1) is 46.3 Å². The Bertz CT molecular complexity index is 1090. The molecule has 0 heterocycles. The van der Waals surface area contributed by atoms with Gasteiger partial charge in [-0.05, 0) is 169 Å². The molecule has 0 aromatic carbocycles. The van der Waals surface area contributed by atoms with Crippen LogP contribution >= 0.6 is 0 Å². The fourth-order valence-corrected chi connectivity index (χ4v) is 11.6. The van der Waals surface area contributed by atoms with Gasteiger partial charge in [-0.25, -0.2) is 0 Å². The molecule has 0 spiro atoms. The maximum Gasteiger partial charge on any atom is 0.306 e. The van der Waals surface area contributed by atoms with Crippen molar-refractivity contribution in [2.24, 2.45) is 57.8 Å². The maximum atomic E-state index is 13.0. The van der Waals surface area contributed by atoms with Gasteiger partial charge in [0.15, 0.2) is 0 Å². The van der Waals surface area contributed by atoms with Gasteiger partial charge in [-0.3, -0.25) is 4.79 Å². The van der Waals surface area contributed by atoms with E-state index in [0.717, 1.165) is 126 Å². The van der Waals surface area contributed by atoms with E-state index in [2.05, 4.69) is 57.5 Å². The number of carbonyl (C=O) groups excluding carboxylic acids is 1. The van der Waals surface area contributed by atoms with Crippen LogP contribution in [0.4, 0.5) is 0 Å². The van der Waals surface area contributed by atoms with E-state index in [1.807, 2.05) is 0 Å². The lowest BCUT2D eigenvalue weighted by molar-refractivity contribution is -0.151. The van der Waals surface area contributed by atoms with Crippen molar-refractivity contribution in [3.63, 3.8) is 0 Å². The monoisotopic (exact) mass is 711 g/mol. The topological polar surface area (TPSA) is 93.6 Å². The number of hydrogen-bond acceptors (Lipinski definition) is 6. The number of unbranched alkanes of at least 4 members (excludes halogenated alkanes) is 2. The minimum Gasteiger partial charge on any atom is -0.462 e. The van der Waals surface area contributed by atoms with Crippen molar-refractivity contribution in [1.29, 1.82) is 0 Å². The van der Waals surface area contributed by atoms with E-state index >= 15 is 0 Å². The van der Waals surface area contributed by atoms with E-state index in [1.54, 1.807) is 5.57 Å². The first-order valence-corrected chi connectivity index (χ1v) is 22.0. The van der Waals surface area contributed by atoms with Gasteiger partial charge in [0.2, 0.25) is 0 Å². The minimum atomic E-state index is -0.00490. The molecule has 6 nitrogen and oxygen atoms in total. The van der Waals surface area contributed by atoms with Crippen molar-refractivity contribution in [1.82, 2.24) is 10.2 Å². The van der Waals surface area contributed by atoms with Gasteiger partial charge in [0.05, 0.1) is 0 Å². The molecule has 0 saturated heterocycles. The molecule has 4 rings (SSSR count). The SMILES string of the molecule is C=C(CCCCC(=O)OC1CCC2(C)C(=CCC3C2CCC2(C)C(CCCC(CC)C(C)C)CCC32)C1)N(CCCN)CCCCNCCCN. The van der Waals surface area contributed by atoms with E-state index in [1.165, 1.54) is 69.9 Å². The van der Waals surface area contributed by atoms with Gasteiger partial charge in [-0.15, -0.1) is 0 Å². The van der Waals surface area contributed by atoms with Gasteiger partial charge < -0.3 is 26.4 Å². The number of fused-ring (bicyclic) bond motifs is 5. The molecular formula is C45H82N4O2. The summed E-state index contributed by atoms with van der Waals surface area (Å²) in [5, 5.41) is 3.47. The van der Waals surface area contributed by atoms with Crippen molar-refractivity contribution < 1.29 is 9.53 Å². The van der Waals surface area contributed by atoms with Gasteiger partial charge in [0.25, 0.3) is 0 Å². The molecule has 8 unspecified atom stereocenters. The summed E-state index contributed by atoms with van der Waals surface area (Å²) in [5.74, 6) is 5.21. The van der Waals surface area contributed by atoms with Crippen molar-refractivity contribution in [3.05, 3.63) is 23.9 Å². The zero-order chi connectivity index (χ0) is 36.9. The average molecular weight is 711 g/mol. The molecule has 0 bridgehead atoms. The van der Waals surface area contributed by atoms with Crippen LogP contribution in [0.25, 0.3) is 0 Å². The van der Waals surface area contributed by atoms with Crippen molar-refractivity contribution in [2.45, 2.75) is 169 Å². The second-order valence-corrected chi connectivity index (χ2v) is 18.3. The van der Waals surface area contributed by atoms with E-state index in [0.29, 0.717) is 23.8 Å². The normalized spacial score (nSPS) is 30.7. The minimum absolute atomic E-state index is 0.00490. The zero-order valence-electron chi connectivity index (χ0n) is 34.1. The molecule has 294 valence electrons. The Morgan fingerprint density at radius 2 is 1.69 bits per heavy atom. The Morgan fingerprint density at radius 3 is 2.43 bits per heavy atom. The Hall–Kier alpha value is -1.37. The predicted octanol–water partition coefficient (Wildman–Crippen LogP) is 9.77. The lowest BCUT2D eigenvalue weighted by atomic mass is 9.47. The Morgan fingerprint density at radius 1 is 0.941 bits per heavy atom. The van der Waals surface area contributed by atoms with Gasteiger partial charge in [0, 0.05) is 31.6 Å². The Balaban J connectivity index is 1.18. The predicted molar refractivity (Wildman–Crippen MR) is 216 cm³/mol. The average Bonchev–Trinajstić information content (AvgIpc) is 3.45. The first kappa shape index (κ1) is 42.4. The number of hydrogen-bond donors (Lipinski definition) is 3. The smallest absolute Gasteiger partial charge is 0.306 e. The summed E-state index contributed by atoms with van der Waals surface area (Å²) in [6.07, 6.45) is 26.1. The first-order chi connectivity index (χ1) is 24.6. The molecule has 0 aromatic rings. The highest BCUT2D eigenvalue weighted by Gasteiger charge is 2.58. The molecular weight excluding hydrogens is 629 g/mol. The number of esters is 1. The third-order valence-electron chi connectivity index (χ3n) is 14.9. The van der Waals surface area contributed by atoms with Crippen LogP contribution in [0.15, 0.2) is 23.9 Å². The fourth-order valence-electron chi connectivity index (χ4n) is 11.6. The quantitative estimate of drug-likeness (QED) is 0.0525. The van der Waals surface area contributed by atoms with Crippen LogP contribution in [0.2, 0.25) is 0 Å². The standard InChI is InChI=1S/C45H82N4O2/c1-7-36(34(2)3)16-12-17-37-20-22-41-40-21-19-38-33-39(23-25-45(38,6)42(40)24-26-44(37,41)5)51-43(50)18-9-8-15-35(4)49(32-14-28-47)31-11-10-29-48-30-13-27-46/h19,34,36-37,39-42,48H,4,7-18,20-33,46-47H2,1-3,5-6H3. The number of nitrogens with zero attached hydrogens (tertiary/aromatic N) is 1. The highest BCUT2D eigenvalue weighted by Crippen LogP contribution is 2.67. The number of ether oxygens (including phenoxy) is 1. The highest BCUT2D eigenvalue weighted by atomic mass is 16.5. The van der Waals surface area contributed by atoms with Crippen molar-refractivity contribution in [2.75, 3.05) is 39.3 Å². The molecule has 0 radical (unpaired) electrons. The van der Waals surface area contributed by atoms with Crippen LogP contribution in [0.1, 0.15) is 163 Å². The Labute approximate surface area is 315 Å². The number of rotatable bonds is 24. The molecule has 6 heteroatoms. The molecule has 4 aliphatic rings. The summed E-state index contributed by atoms with van der Waals surface area (Å²) in [6, 6.07) is 0. The van der Waals surface area contributed by atoms with E-state index in [-0.39, 0.29) is 12.1 Å². The highest BCUT2D eigenvalue weighted by molar-refractivity contribution is 5.69. The van der Waals surface area contributed by atoms with Gasteiger partial charge >= 0.3 is 5.97 Å². The maximum absolute atomic E-state index is 13.0. The van der Waals surface area contributed by atoms with Crippen molar-refractivity contribution >= 4 is 5.97 Å². The second-order valence-electron chi connectivity index (χ2n) is 18.3. The third-order valence-corrected chi connectivity index (χ3v) is 14.9. The summed E-state index contributed by atoms with van der Waals surface area (Å²) in [5.41, 5.74) is 15.1. The van der Waals surface area contributed by atoms with Crippen molar-refractivity contribution in [3.8, 4) is 0 Å². The Kier molecular flexibility index (Phi) is 17.4. The molecule has 4 aliphatic carbocycles. The lowest BCUT2D eigenvalue weighted by Crippen LogP contribution is -2.50. The second kappa shape index (κ2) is 20.9. The summed E-state index contributed by atoms with van der Waals surface area (Å²) >= 11 is 0. The third kappa shape index (κ3) is 11.3. The number of allylic oxidation sites excluding steroid dienone is 2. The van der Waals surface area contributed by atoms with E-state index < -0.39 is 0 Å². The van der Waals surface area contributed by atoms with Crippen LogP contribution < -0.4 is 16.8 Å². The molecule has 3 saturated carbocycles. The first-order valence-electron chi connectivity index (χ1n) is 22.0. The largest absolute Gasteiger partial charge is 0.462 e. The molecule has 0 aliphatic heterocycles. The van der Waals surface area contributed by atoms with Crippen LogP contribution in [0.5, 0.6) is 0 Å². The molecule has 5 N–H and O–H groups in total. The molecule has 8 atom stereocenters. The summed E-state index contributed by atoms with van der Waals surface area (Å²) in [7, 11) is 0. The molecule has 3 fully saturated rings. The van der Waals surface area contributed by atoms with Crippen LogP contribution in [-0.2, 0) is 9.53 Å². The summed E-state index contributed by atoms with van der Waals surface area (Å²) in [6.45, 7) is 22.4. The number of nitrogens with two attached hydrogens (primary N) is 2. The van der Waals surface area contributed by atoms with Crippen LogP contribution in [0.3, 0.4) is 0 Å². The van der Waals surface area contributed by atoms with Gasteiger partial charge in [-0.1, -0.05) is 72.1 Å². The summed E-state index contributed by atoms with van der Waals surface area (Å²) < 4.78 is 6.17. The zero-order valence-corrected chi connectivity index (χ0v) is 34.1. The summed E-state index contributed by atoms with van der Waals surface area (Å²) in [4.78, 5) is 15.4. The lowest BCUT2D eigenvalue weighted by Gasteiger charge is -2.58. The number of carbonyl (C=O) groups is 1. The van der Waals surface area contributed by atoms with Crippen LogP contribution in [-0.4, -0.2) is 56.2 Å². The molecule has 0 amide bonds. The number of nitrogens with one attached hydrogen (secondary N) is 1. The fraction of sp³-hybridized carbons (Fsp3) is 0.889. The molecule has 51 heavy (non-hydrogen) atoms. The van der Waals surface area contributed by atoms with Gasteiger partial charge in [0.1, 0.15) is 6.10 Å². The van der Waals surface area contributed by atoms with E-state index in [9.17, 15) is 4.79 Å². The van der Waals surface area contributed by atoms with Gasteiger partial charge in [-0.2, -0.15) is 0 Å².